The highest BCUT2D eigenvalue weighted by Gasteiger charge is 2.27. The molecule has 0 spiro atoms. The van der Waals surface area contributed by atoms with Gasteiger partial charge in [-0.1, -0.05) is 30.3 Å². The number of rotatable bonds is 8. The van der Waals surface area contributed by atoms with E-state index in [9.17, 15) is 15.0 Å². The Hall–Kier alpha value is -1.47. The number of nitrogens with zero attached hydrogens (tertiary/aromatic N) is 3. The fourth-order valence-corrected chi connectivity index (χ4v) is 4.44. The lowest BCUT2D eigenvalue weighted by Gasteiger charge is -2.37. The van der Waals surface area contributed by atoms with Crippen LogP contribution in [0.2, 0.25) is 0 Å². The molecule has 2 N–H and O–H groups in total. The van der Waals surface area contributed by atoms with E-state index in [1.807, 2.05) is 11.0 Å². The first kappa shape index (κ1) is 21.2. The molecule has 3 rings (SSSR count). The van der Waals surface area contributed by atoms with Gasteiger partial charge in [-0.3, -0.25) is 14.6 Å². The number of piperidine rings is 1. The molecule has 6 heteroatoms. The lowest BCUT2D eigenvalue weighted by atomic mass is 9.92. The van der Waals surface area contributed by atoms with Crippen molar-refractivity contribution in [2.75, 3.05) is 52.5 Å². The number of piperazine rings is 1. The molecule has 2 aliphatic heterocycles. The average molecular weight is 390 g/mol. The van der Waals surface area contributed by atoms with Crippen molar-refractivity contribution in [3.63, 3.8) is 0 Å². The zero-order chi connectivity index (χ0) is 19.8. The van der Waals surface area contributed by atoms with Crippen molar-refractivity contribution >= 4 is 5.91 Å². The first-order chi connectivity index (χ1) is 13.7. The zero-order valence-corrected chi connectivity index (χ0v) is 16.9. The monoisotopic (exact) mass is 389 g/mol. The van der Waals surface area contributed by atoms with Gasteiger partial charge in [-0.05, 0) is 37.3 Å². The standard InChI is InChI=1S/C22H35N3O3/c26-17-21(18-27)25-10-4-7-20(16-25)8-9-22(28)24-13-11-23(12-14-24)15-19-5-2-1-3-6-19/h1-3,5-6,20-21,26-27H,4,7-18H2. The fraction of sp³-hybridized carbons (Fsp3) is 0.682. The molecule has 28 heavy (non-hydrogen) atoms. The number of aliphatic hydroxyl groups is 2. The largest absolute Gasteiger partial charge is 0.395 e. The van der Waals surface area contributed by atoms with E-state index in [1.54, 1.807) is 0 Å². The molecule has 0 aliphatic carbocycles. The number of likely N-dealkylation sites (tertiary alicyclic amines) is 1. The summed E-state index contributed by atoms with van der Waals surface area (Å²) in [6.45, 7) is 6.27. The maximum atomic E-state index is 12.6. The molecule has 2 aliphatic rings. The average Bonchev–Trinajstić information content (AvgIpc) is 2.74. The first-order valence-corrected chi connectivity index (χ1v) is 10.7. The van der Waals surface area contributed by atoms with E-state index in [-0.39, 0.29) is 25.2 Å². The van der Waals surface area contributed by atoms with Crippen LogP contribution >= 0.6 is 0 Å². The Kier molecular flexibility index (Phi) is 8.27. The summed E-state index contributed by atoms with van der Waals surface area (Å²) in [5, 5.41) is 18.8. The number of aliphatic hydroxyl groups excluding tert-OH is 2. The Bertz CT molecular complexity index is 586. The summed E-state index contributed by atoms with van der Waals surface area (Å²) in [6.07, 6.45) is 3.73. The number of carbonyl (C=O) groups is 1. The molecule has 2 saturated heterocycles. The van der Waals surface area contributed by atoms with Gasteiger partial charge in [0.1, 0.15) is 0 Å². The minimum atomic E-state index is -0.156. The van der Waals surface area contributed by atoms with Gasteiger partial charge in [0.25, 0.3) is 0 Å². The van der Waals surface area contributed by atoms with Crippen molar-refractivity contribution in [1.82, 2.24) is 14.7 Å². The molecule has 1 aromatic rings. The van der Waals surface area contributed by atoms with Gasteiger partial charge < -0.3 is 15.1 Å². The molecule has 6 nitrogen and oxygen atoms in total. The summed E-state index contributed by atoms with van der Waals surface area (Å²) in [6, 6.07) is 10.3. The van der Waals surface area contributed by atoms with Crippen LogP contribution in [0.3, 0.4) is 0 Å². The van der Waals surface area contributed by atoms with E-state index >= 15 is 0 Å². The number of hydrogen-bond acceptors (Lipinski definition) is 5. The van der Waals surface area contributed by atoms with Crippen LogP contribution in [-0.4, -0.2) is 89.3 Å². The fourth-order valence-electron chi connectivity index (χ4n) is 4.44. The second-order valence-corrected chi connectivity index (χ2v) is 8.20. The van der Waals surface area contributed by atoms with E-state index in [0.29, 0.717) is 12.3 Å². The second kappa shape index (κ2) is 10.9. The Labute approximate surface area is 168 Å². The van der Waals surface area contributed by atoms with Crippen LogP contribution in [-0.2, 0) is 11.3 Å². The van der Waals surface area contributed by atoms with Crippen molar-refractivity contribution in [2.24, 2.45) is 5.92 Å². The Morgan fingerprint density at radius 3 is 2.43 bits per heavy atom. The highest BCUT2D eigenvalue weighted by atomic mass is 16.3. The number of carbonyl (C=O) groups excluding carboxylic acids is 1. The normalized spacial score (nSPS) is 22.0. The highest BCUT2D eigenvalue weighted by Crippen LogP contribution is 2.23. The lowest BCUT2D eigenvalue weighted by molar-refractivity contribution is -0.133. The lowest BCUT2D eigenvalue weighted by Crippen LogP contribution is -2.48. The molecule has 0 bridgehead atoms. The van der Waals surface area contributed by atoms with Gasteiger partial charge in [-0.25, -0.2) is 0 Å². The Morgan fingerprint density at radius 1 is 1.04 bits per heavy atom. The van der Waals surface area contributed by atoms with E-state index in [1.165, 1.54) is 5.56 Å². The van der Waals surface area contributed by atoms with E-state index in [0.717, 1.165) is 65.1 Å². The molecule has 1 amide bonds. The van der Waals surface area contributed by atoms with Crippen LogP contribution in [0.5, 0.6) is 0 Å². The van der Waals surface area contributed by atoms with Gasteiger partial charge in [-0.2, -0.15) is 0 Å². The maximum absolute atomic E-state index is 12.6. The number of benzene rings is 1. The molecule has 0 saturated carbocycles. The van der Waals surface area contributed by atoms with E-state index in [4.69, 9.17) is 0 Å². The summed E-state index contributed by atoms with van der Waals surface area (Å²) < 4.78 is 0. The van der Waals surface area contributed by atoms with Crippen LogP contribution in [0.15, 0.2) is 30.3 Å². The number of hydrogen-bond donors (Lipinski definition) is 2. The van der Waals surface area contributed by atoms with Crippen LogP contribution in [0, 0.1) is 5.92 Å². The van der Waals surface area contributed by atoms with Gasteiger partial charge in [0, 0.05) is 45.7 Å². The van der Waals surface area contributed by atoms with Crippen LogP contribution < -0.4 is 0 Å². The highest BCUT2D eigenvalue weighted by molar-refractivity contribution is 5.76. The van der Waals surface area contributed by atoms with Gasteiger partial charge in [0.2, 0.25) is 5.91 Å². The second-order valence-electron chi connectivity index (χ2n) is 8.20. The van der Waals surface area contributed by atoms with Gasteiger partial charge in [-0.15, -0.1) is 0 Å². The smallest absolute Gasteiger partial charge is 0.222 e. The molecule has 2 heterocycles. The maximum Gasteiger partial charge on any atom is 0.222 e. The first-order valence-electron chi connectivity index (χ1n) is 10.7. The molecular formula is C22H35N3O3. The summed E-state index contributed by atoms with van der Waals surface area (Å²) in [5.74, 6) is 0.759. The summed E-state index contributed by atoms with van der Waals surface area (Å²) in [7, 11) is 0. The SMILES string of the molecule is O=C(CCC1CCCN(C(CO)CO)C1)N1CCN(Cc2ccccc2)CC1. The minimum Gasteiger partial charge on any atom is -0.395 e. The van der Waals surface area contributed by atoms with E-state index < -0.39 is 0 Å². The van der Waals surface area contributed by atoms with Crippen LogP contribution in [0.4, 0.5) is 0 Å². The molecule has 1 aromatic carbocycles. The quantitative estimate of drug-likeness (QED) is 0.699. The third-order valence-corrected chi connectivity index (χ3v) is 6.23. The summed E-state index contributed by atoms with van der Waals surface area (Å²) in [5.41, 5.74) is 1.33. The summed E-state index contributed by atoms with van der Waals surface area (Å²) >= 11 is 0. The van der Waals surface area contributed by atoms with Crippen LogP contribution in [0.25, 0.3) is 0 Å². The van der Waals surface area contributed by atoms with Gasteiger partial charge in [0.15, 0.2) is 0 Å². The van der Waals surface area contributed by atoms with Gasteiger partial charge in [0.05, 0.1) is 19.3 Å². The zero-order valence-electron chi connectivity index (χ0n) is 16.9. The Balaban J connectivity index is 1.37. The number of amides is 1. The Morgan fingerprint density at radius 2 is 1.75 bits per heavy atom. The molecule has 1 atom stereocenters. The third kappa shape index (κ3) is 6.01. The molecule has 156 valence electrons. The molecule has 0 radical (unpaired) electrons. The predicted molar refractivity (Wildman–Crippen MR) is 110 cm³/mol. The molecular weight excluding hydrogens is 354 g/mol. The predicted octanol–water partition coefficient (Wildman–Crippen LogP) is 1.18. The molecule has 0 aromatic heterocycles. The van der Waals surface area contributed by atoms with Crippen LogP contribution in [0.1, 0.15) is 31.2 Å². The minimum absolute atomic E-state index is 0.00455. The molecule has 1 unspecified atom stereocenters. The topological polar surface area (TPSA) is 67.2 Å². The van der Waals surface area contributed by atoms with E-state index in [2.05, 4.69) is 34.1 Å². The van der Waals surface area contributed by atoms with Crippen molar-refractivity contribution in [1.29, 1.82) is 0 Å². The summed E-state index contributed by atoms with van der Waals surface area (Å²) in [4.78, 5) is 19.3. The van der Waals surface area contributed by atoms with Gasteiger partial charge >= 0.3 is 0 Å². The van der Waals surface area contributed by atoms with Crippen molar-refractivity contribution < 1.29 is 15.0 Å². The van der Waals surface area contributed by atoms with Crippen molar-refractivity contribution in [3.8, 4) is 0 Å². The van der Waals surface area contributed by atoms with Crippen molar-refractivity contribution in [3.05, 3.63) is 35.9 Å². The third-order valence-electron chi connectivity index (χ3n) is 6.23. The van der Waals surface area contributed by atoms with Crippen molar-refractivity contribution in [2.45, 2.75) is 38.3 Å². The molecule has 2 fully saturated rings.